The van der Waals surface area contributed by atoms with Gasteiger partial charge in [0, 0.05) is 24.0 Å². The van der Waals surface area contributed by atoms with Gasteiger partial charge in [-0.15, -0.1) is 10.2 Å². The SMILES string of the molecule is Cc1nnn(Cc2cc(Cl)ccc2CCC(=O)N2CC[C@H](O)C[C@H]2C)n1. The van der Waals surface area contributed by atoms with Crippen molar-refractivity contribution >= 4 is 17.5 Å². The van der Waals surface area contributed by atoms with E-state index in [1.54, 1.807) is 6.92 Å². The Bertz CT molecular complexity index is 779. The van der Waals surface area contributed by atoms with Crippen molar-refractivity contribution in [2.24, 2.45) is 0 Å². The molecule has 0 aliphatic carbocycles. The van der Waals surface area contributed by atoms with Crippen molar-refractivity contribution in [2.75, 3.05) is 6.54 Å². The molecule has 2 heterocycles. The van der Waals surface area contributed by atoms with Gasteiger partial charge in [-0.3, -0.25) is 4.79 Å². The van der Waals surface area contributed by atoms with Gasteiger partial charge in [-0.05, 0) is 61.6 Å². The monoisotopic (exact) mass is 377 g/mol. The minimum atomic E-state index is -0.296. The summed E-state index contributed by atoms with van der Waals surface area (Å²) < 4.78 is 0. The van der Waals surface area contributed by atoms with Crippen molar-refractivity contribution in [3.63, 3.8) is 0 Å². The number of aliphatic hydroxyl groups is 1. The summed E-state index contributed by atoms with van der Waals surface area (Å²) in [6.45, 7) is 4.87. The Morgan fingerprint density at radius 1 is 1.38 bits per heavy atom. The predicted molar refractivity (Wildman–Crippen MR) is 97.8 cm³/mol. The highest BCUT2D eigenvalue weighted by Gasteiger charge is 2.27. The molecule has 8 heteroatoms. The number of hydrogen-bond acceptors (Lipinski definition) is 5. The number of carbonyl (C=O) groups is 1. The van der Waals surface area contributed by atoms with Crippen LogP contribution in [0.5, 0.6) is 0 Å². The number of likely N-dealkylation sites (tertiary alicyclic amines) is 1. The summed E-state index contributed by atoms with van der Waals surface area (Å²) in [5.41, 5.74) is 2.05. The molecule has 1 aromatic carbocycles. The van der Waals surface area contributed by atoms with E-state index in [1.165, 1.54) is 4.80 Å². The maximum atomic E-state index is 12.6. The number of nitrogens with zero attached hydrogens (tertiary/aromatic N) is 5. The third-order valence-corrected chi connectivity index (χ3v) is 5.05. The quantitative estimate of drug-likeness (QED) is 0.861. The Balaban J connectivity index is 1.66. The zero-order valence-electron chi connectivity index (χ0n) is 15.1. The Labute approximate surface area is 157 Å². The van der Waals surface area contributed by atoms with Crippen molar-refractivity contribution in [3.8, 4) is 0 Å². The van der Waals surface area contributed by atoms with Crippen molar-refractivity contribution in [2.45, 2.75) is 58.2 Å². The van der Waals surface area contributed by atoms with Gasteiger partial charge in [0.2, 0.25) is 5.91 Å². The van der Waals surface area contributed by atoms with E-state index in [0.717, 1.165) is 11.1 Å². The largest absolute Gasteiger partial charge is 0.393 e. The number of benzene rings is 1. The number of aliphatic hydroxyl groups excluding tert-OH is 1. The molecule has 26 heavy (non-hydrogen) atoms. The number of halogens is 1. The van der Waals surface area contributed by atoms with Crippen molar-refractivity contribution < 1.29 is 9.90 Å². The number of hydrogen-bond donors (Lipinski definition) is 1. The summed E-state index contributed by atoms with van der Waals surface area (Å²) in [4.78, 5) is 16.0. The highest BCUT2D eigenvalue weighted by molar-refractivity contribution is 6.30. The highest BCUT2D eigenvalue weighted by atomic mass is 35.5. The van der Waals surface area contributed by atoms with E-state index in [-0.39, 0.29) is 18.1 Å². The van der Waals surface area contributed by atoms with E-state index in [4.69, 9.17) is 11.6 Å². The maximum Gasteiger partial charge on any atom is 0.223 e. The Hall–Kier alpha value is -1.99. The average molecular weight is 378 g/mol. The number of aromatic nitrogens is 4. The molecule has 1 amide bonds. The first-order valence-corrected chi connectivity index (χ1v) is 9.29. The summed E-state index contributed by atoms with van der Waals surface area (Å²) in [7, 11) is 0. The van der Waals surface area contributed by atoms with Crippen LogP contribution in [0.15, 0.2) is 18.2 Å². The van der Waals surface area contributed by atoms with Gasteiger partial charge >= 0.3 is 0 Å². The lowest BCUT2D eigenvalue weighted by atomic mass is 9.98. The Morgan fingerprint density at radius 3 is 2.88 bits per heavy atom. The van der Waals surface area contributed by atoms with Crippen LogP contribution in [0, 0.1) is 6.92 Å². The highest BCUT2D eigenvalue weighted by Crippen LogP contribution is 2.21. The molecule has 1 N–H and O–H groups in total. The van der Waals surface area contributed by atoms with Crippen molar-refractivity contribution in [1.29, 1.82) is 0 Å². The number of aryl methyl sites for hydroxylation is 2. The van der Waals surface area contributed by atoms with Crippen LogP contribution in [0.25, 0.3) is 0 Å². The predicted octanol–water partition coefficient (Wildman–Crippen LogP) is 1.99. The molecule has 0 saturated carbocycles. The van der Waals surface area contributed by atoms with Gasteiger partial charge in [0.1, 0.15) is 0 Å². The number of piperidine rings is 1. The second-order valence-electron chi connectivity index (χ2n) is 6.89. The minimum Gasteiger partial charge on any atom is -0.393 e. The van der Waals surface area contributed by atoms with Crippen LogP contribution in [0.1, 0.15) is 43.1 Å². The van der Waals surface area contributed by atoms with E-state index >= 15 is 0 Å². The molecule has 1 saturated heterocycles. The van der Waals surface area contributed by atoms with Crippen LogP contribution >= 0.6 is 11.6 Å². The van der Waals surface area contributed by atoms with Crippen molar-refractivity contribution in [3.05, 3.63) is 40.2 Å². The zero-order valence-corrected chi connectivity index (χ0v) is 15.9. The number of rotatable bonds is 5. The smallest absolute Gasteiger partial charge is 0.223 e. The molecule has 140 valence electrons. The fourth-order valence-corrected chi connectivity index (χ4v) is 3.63. The first kappa shape index (κ1) is 18.8. The Morgan fingerprint density at radius 2 is 2.19 bits per heavy atom. The van der Waals surface area contributed by atoms with E-state index in [0.29, 0.717) is 49.6 Å². The van der Waals surface area contributed by atoms with Gasteiger partial charge in [0.25, 0.3) is 0 Å². The van der Waals surface area contributed by atoms with Crippen LogP contribution in [0.2, 0.25) is 5.02 Å². The first-order chi connectivity index (χ1) is 12.4. The van der Waals surface area contributed by atoms with Gasteiger partial charge in [-0.1, -0.05) is 17.7 Å². The third kappa shape index (κ3) is 4.59. The molecule has 2 atom stereocenters. The lowest BCUT2D eigenvalue weighted by Gasteiger charge is -2.36. The molecule has 7 nitrogen and oxygen atoms in total. The molecule has 1 aliphatic rings. The molecular weight excluding hydrogens is 354 g/mol. The molecule has 1 fully saturated rings. The van der Waals surface area contributed by atoms with Crippen LogP contribution < -0.4 is 0 Å². The van der Waals surface area contributed by atoms with Gasteiger partial charge in [0.15, 0.2) is 5.82 Å². The van der Waals surface area contributed by atoms with Crippen LogP contribution in [0.4, 0.5) is 0 Å². The summed E-state index contributed by atoms with van der Waals surface area (Å²) in [6, 6.07) is 5.77. The lowest BCUT2D eigenvalue weighted by Crippen LogP contribution is -2.46. The summed E-state index contributed by atoms with van der Waals surface area (Å²) in [5.74, 6) is 0.741. The number of amides is 1. The molecule has 2 aromatic rings. The Kier molecular flexibility index (Phi) is 5.88. The van der Waals surface area contributed by atoms with Crippen LogP contribution in [-0.2, 0) is 17.8 Å². The number of tetrazole rings is 1. The van der Waals surface area contributed by atoms with E-state index in [1.807, 2.05) is 30.0 Å². The topological polar surface area (TPSA) is 84.1 Å². The van der Waals surface area contributed by atoms with Gasteiger partial charge in [0.05, 0.1) is 12.6 Å². The first-order valence-electron chi connectivity index (χ1n) is 8.91. The molecule has 1 aromatic heterocycles. The van der Waals surface area contributed by atoms with Gasteiger partial charge in [-0.25, -0.2) is 0 Å². The second kappa shape index (κ2) is 8.14. The normalized spacial score (nSPS) is 20.4. The average Bonchev–Trinajstić information content (AvgIpc) is 2.99. The van der Waals surface area contributed by atoms with Crippen molar-refractivity contribution in [1.82, 2.24) is 25.1 Å². The molecule has 0 spiro atoms. The summed E-state index contributed by atoms with van der Waals surface area (Å²) in [5, 5.41) is 22.5. The molecular formula is C18H24ClN5O2. The van der Waals surface area contributed by atoms with Crippen LogP contribution in [0.3, 0.4) is 0 Å². The standard InChI is InChI=1S/C18H24ClN5O2/c1-12-9-17(25)7-8-23(12)18(26)6-4-14-3-5-16(19)10-15(14)11-24-21-13(2)20-22-24/h3,5,10,12,17,25H,4,6-9,11H2,1-2H3/t12-,17+/m1/s1. The third-order valence-electron chi connectivity index (χ3n) is 4.81. The van der Waals surface area contributed by atoms with E-state index in [9.17, 15) is 9.90 Å². The second-order valence-corrected chi connectivity index (χ2v) is 7.33. The maximum absolute atomic E-state index is 12.6. The molecule has 0 bridgehead atoms. The van der Waals surface area contributed by atoms with E-state index in [2.05, 4.69) is 15.4 Å². The summed E-state index contributed by atoms with van der Waals surface area (Å²) in [6.07, 6.45) is 2.06. The number of carbonyl (C=O) groups excluding carboxylic acids is 1. The van der Waals surface area contributed by atoms with Gasteiger partial charge in [-0.2, -0.15) is 4.80 Å². The minimum absolute atomic E-state index is 0.0817. The zero-order chi connectivity index (χ0) is 18.7. The molecule has 0 radical (unpaired) electrons. The summed E-state index contributed by atoms with van der Waals surface area (Å²) >= 11 is 6.14. The van der Waals surface area contributed by atoms with E-state index < -0.39 is 0 Å². The lowest BCUT2D eigenvalue weighted by molar-refractivity contribution is -0.136. The van der Waals surface area contributed by atoms with Gasteiger partial charge < -0.3 is 10.0 Å². The molecule has 0 unspecified atom stereocenters. The van der Waals surface area contributed by atoms with Crippen LogP contribution in [-0.4, -0.2) is 54.8 Å². The fourth-order valence-electron chi connectivity index (χ4n) is 3.43. The molecule has 3 rings (SSSR count). The molecule has 1 aliphatic heterocycles. The fraction of sp³-hybridized carbons (Fsp3) is 0.556.